The Hall–Kier alpha value is -0.830. The zero-order chi connectivity index (χ0) is 12.7. The molecular weight excluding hydrogens is 235 g/mol. The molecule has 1 rings (SSSR count). The van der Waals surface area contributed by atoms with E-state index >= 15 is 0 Å². The van der Waals surface area contributed by atoms with E-state index in [1.54, 1.807) is 23.9 Å². The first-order valence-corrected chi connectivity index (χ1v) is 7.11. The number of carbonyl (C=O) groups is 1. The van der Waals surface area contributed by atoms with Gasteiger partial charge in [-0.15, -0.1) is 0 Å². The van der Waals surface area contributed by atoms with E-state index in [4.69, 9.17) is 0 Å². The predicted octanol–water partition coefficient (Wildman–Crippen LogP) is 4.32. The van der Waals surface area contributed by atoms with E-state index in [9.17, 15) is 9.18 Å². The van der Waals surface area contributed by atoms with Crippen LogP contribution in [0.1, 0.15) is 43.5 Å². The number of ketones is 1. The molecule has 94 valence electrons. The number of unbranched alkanes of at least 4 members (excludes halogenated alkanes) is 2. The Balaban J connectivity index is 2.43. The van der Waals surface area contributed by atoms with Crippen LogP contribution in [0.25, 0.3) is 0 Å². The van der Waals surface area contributed by atoms with Crippen LogP contribution in [0.2, 0.25) is 0 Å². The highest BCUT2D eigenvalue weighted by Crippen LogP contribution is 2.18. The van der Waals surface area contributed by atoms with Gasteiger partial charge in [0.2, 0.25) is 0 Å². The van der Waals surface area contributed by atoms with E-state index < -0.39 is 0 Å². The van der Waals surface area contributed by atoms with Crippen molar-refractivity contribution < 1.29 is 9.18 Å². The molecule has 0 fully saturated rings. The minimum absolute atomic E-state index is 0.0442. The van der Waals surface area contributed by atoms with Gasteiger partial charge in [0.1, 0.15) is 5.82 Å². The molecule has 0 aliphatic heterocycles. The van der Waals surface area contributed by atoms with Gasteiger partial charge in [0.25, 0.3) is 0 Å². The van der Waals surface area contributed by atoms with E-state index in [1.165, 1.54) is 25.0 Å². The van der Waals surface area contributed by atoms with Crippen molar-refractivity contribution in [3.63, 3.8) is 0 Å². The lowest BCUT2D eigenvalue weighted by atomic mass is 10.1. The fourth-order valence-corrected chi connectivity index (χ4v) is 2.55. The maximum atomic E-state index is 12.7. The van der Waals surface area contributed by atoms with E-state index in [-0.39, 0.29) is 16.9 Å². The van der Waals surface area contributed by atoms with Crippen LogP contribution in [-0.2, 0) is 0 Å². The van der Waals surface area contributed by atoms with Crippen molar-refractivity contribution in [1.82, 2.24) is 0 Å². The lowest BCUT2D eigenvalue weighted by Gasteiger charge is -2.10. The Kier molecular flexibility index (Phi) is 6.27. The number of carbonyl (C=O) groups excluding carboxylic acids is 1. The zero-order valence-electron chi connectivity index (χ0n) is 10.4. The second-order valence-corrected chi connectivity index (χ2v) is 5.54. The van der Waals surface area contributed by atoms with Gasteiger partial charge in [0, 0.05) is 5.56 Å². The second kappa shape index (κ2) is 7.49. The number of Topliss-reactive ketones (excluding diaryl/α,β-unsaturated/α-hetero) is 1. The summed E-state index contributed by atoms with van der Waals surface area (Å²) < 4.78 is 12.7. The Morgan fingerprint density at radius 3 is 2.53 bits per heavy atom. The number of rotatable bonds is 7. The summed E-state index contributed by atoms with van der Waals surface area (Å²) in [5.74, 6) is 0.804. The monoisotopic (exact) mass is 254 g/mol. The molecule has 0 amide bonds. The Labute approximate surface area is 107 Å². The predicted molar refractivity (Wildman–Crippen MR) is 72.2 cm³/mol. The van der Waals surface area contributed by atoms with Gasteiger partial charge in [-0.1, -0.05) is 19.8 Å². The van der Waals surface area contributed by atoms with E-state index in [1.807, 2.05) is 6.92 Å². The fraction of sp³-hybridized carbons (Fsp3) is 0.500. The molecule has 0 heterocycles. The second-order valence-electron chi connectivity index (χ2n) is 4.09. The smallest absolute Gasteiger partial charge is 0.175 e. The highest BCUT2D eigenvalue weighted by atomic mass is 32.2. The fourth-order valence-electron chi connectivity index (χ4n) is 1.54. The molecule has 17 heavy (non-hydrogen) atoms. The Morgan fingerprint density at radius 2 is 1.94 bits per heavy atom. The van der Waals surface area contributed by atoms with Crippen LogP contribution < -0.4 is 0 Å². The maximum Gasteiger partial charge on any atom is 0.175 e. The van der Waals surface area contributed by atoms with Crippen LogP contribution in [0.4, 0.5) is 4.39 Å². The molecule has 1 atom stereocenters. The summed E-state index contributed by atoms with van der Waals surface area (Å²) in [5, 5.41) is -0.0442. The first-order chi connectivity index (χ1) is 8.15. The minimum atomic E-state index is -0.301. The van der Waals surface area contributed by atoms with Crippen molar-refractivity contribution >= 4 is 17.5 Å². The summed E-state index contributed by atoms with van der Waals surface area (Å²) in [7, 11) is 0. The molecular formula is C14H19FOS. The van der Waals surface area contributed by atoms with Crippen molar-refractivity contribution in [3.05, 3.63) is 35.6 Å². The summed E-state index contributed by atoms with van der Waals surface area (Å²) in [6.07, 6.45) is 3.56. The average Bonchev–Trinajstić information content (AvgIpc) is 2.34. The average molecular weight is 254 g/mol. The maximum absolute atomic E-state index is 12.7. The van der Waals surface area contributed by atoms with Crippen LogP contribution in [0, 0.1) is 5.82 Å². The molecule has 0 aliphatic carbocycles. The normalized spacial score (nSPS) is 12.4. The summed E-state index contributed by atoms with van der Waals surface area (Å²) in [6, 6.07) is 5.78. The van der Waals surface area contributed by atoms with Crippen molar-refractivity contribution in [1.29, 1.82) is 0 Å². The molecule has 0 bridgehead atoms. The number of halogens is 1. The molecule has 0 N–H and O–H groups in total. The van der Waals surface area contributed by atoms with Gasteiger partial charge in [0.15, 0.2) is 5.78 Å². The minimum Gasteiger partial charge on any atom is -0.293 e. The molecule has 1 aromatic rings. The molecule has 1 unspecified atom stereocenters. The van der Waals surface area contributed by atoms with E-state index in [0.29, 0.717) is 5.56 Å². The molecule has 0 saturated heterocycles. The quantitative estimate of drug-likeness (QED) is 0.532. The van der Waals surface area contributed by atoms with Crippen LogP contribution in [0.3, 0.4) is 0 Å². The van der Waals surface area contributed by atoms with Crippen molar-refractivity contribution in [2.75, 3.05) is 5.75 Å². The molecule has 3 heteroatoms. The van der Waals surface area contributed by atoms with E-state index in [0.717, 1.165) is 12.2 Å². The van der Waals surface area contributed by atoms with Gasteiger partial charge in [-0.05, 0) is 43.4 Å². The first kappa shape index (κ1) is 14.2. The van der Waals surface area contributed by atoms with Crippen LogP contribution >= 0.6 is 11.8 Å². The summed E-state index contributed by atoms with van der Waals surface area (Å²) in [5.41, 5.74) is 0.599. The number of thioether (sulfide) groups is 1. The largest absolute Gasteiger partial charge is 0.293 e. The van der Waals surface area contributed by atoms with Gasteiger partial charge in [-0.3, -0.25) is 4.79 Å². The molecule has 1 aromatic carbocycles. The third-order valence-corrected chi connectivity index (χ3v) is 3.85. The molecule has 0 spiro atoms. The van der Waals surface area contributed by atoms with Crippen LogP contribution in [-0.4, -0.2) is 16.8 Å². The van der Waals surface area contributed by atoms with Gasteiger partial charge >= 0.3 is 0 Å². The van der Waals surface area contributed by atoms with Gasteiger partial charge in [0.05, 0.1) is 5.25 Å². The van der Waals surface area contributed by atoms with E-state index in [2.05, 4.69) is 6.92 Å². The first-order valence-electron chi connectivity index (χ1n) is 6.06. The van der Waals surface area contributed by atoms with Crippen molar-refractivity contribution in [2.24, 2.45) is 0 Å². The molecule has 0 aromatic heterocycles. The lowest BCUT2D eigenvalue weighted by Crippen LogP contribution is -2.14. The lowest BCUT2D eigenvalue weighted by molar-refractivity contribution is 0.0994. The molecule has 0 saturated carbocycles. The van der Waals surface area contributed by atoms with Crippen LogP contribution in [0.5, 0.6) is 0 Å². The van der Waals surface area contributed by atoms with Gasteiger partial charge in [-0.2, -0.15) is 11.8 Å². The third kappa shape index (κ3) is 4.90. The van der Waals surface area contributed by atoms with Crippen LogP contribution in [0.15, 0.2) is 24.3 Å². The zero-order valence-corrected chi connectivity index (χ0v) is 11.2. The SMILES string of the molecule is CCCCCSC(C)C(=O)c1ccc(F)cc1. The van der Waals surface area contributed by atoms with Crippen molar-refractivity contribution in [3.8, 4) is 0 Å². The summed E-state index contributed by atoms with van der Waals surface area (Å²) >= 11 is 1.68. The van der Waals surface area contributed by atoms with Gasteiger partial charge < -0.3 is 0 Å². The highest BCUT2D eigenvalue weighted by Gasteiger charge is 2.15. The summed E-state index contributed by atoms with van der Waals surface area (Å²) in [4.78, 5) is 12.0. The molecule has 1 nitrogen and oxygen atoms in total. The van der Waals surface area contributed by atoms with Crippen molar-refractivity contribution in [2.45, 2.75) is 38.4 Å². The number of hydrogen-bond acceptors (Lipinski definition) is 2. The standard InChI is InChI=1S/C14H19FOS/c1-3-4-5-10-17-11(2)14(16)12-6-8-13(15)9-7-12/h6-9,11H,3-5,10H2,1-2H3. The highest BCUT2D eigenvalue weighted by molar-refractivity contribution is 8.00. The molecule has 0 radical (unpaired) electrons. The Bertz CT molecular complexity index is 348. The summed E-state index contributed by atoms with van der Waals surface area (Å²) in [6.45, 7) is 4.08. The van der Waals surface area contributed by atoms with Gasteiger partial charge in [-0.25, -0.2) is 4.39 Å². The topological polar surface area (TPSA) is 17.1 Å². The third-order valence-electron chi connectivity index (χ3n) is 2.61. The number of hydrogen-bond donors (Lipinski definition) is 0. The molecule has 0 aliphatic rings. The Morgan fingerprint density at radius 1 is 1.29 bits per heavy atom. The number of benzene rings is 1.